The minimum absolute atomic E-state index is 0.376. The van der Waals surface area contributed by atoms with Crippen LogP contribution < -0.4 is 10.8 Å². The molecule has 3 rings (SSSR count). The summed E-state index contributed by atoms with van der Waals surface area (Å²) < 4.78 is 16.1. The maximum absolute atomic E-state index is 14.5. The Labute approximate surface area is 144 Å². The fraction of sp³-hybridized carbons (Fsp3) is 0.176. The first-order valence-electron chi connectivity index (χ1n) is 7.36. The van der Waals surface area contributed by atoms with Gasteiger partial charge >= 0.3 is 0 Å². The lowest BCUT2D eigenvalue weighted by atomic mass is 10.1. The molecule has 0 aliphatic carbocycles. The van der Waals surface area contributed by atoms with Gasteiger partial charge in [-0.15, -0.1) is 0 Å². The van der Waals surface area contributed by atoms with Crippen LogP contribution in [0.5, 0.6) is 0 Å². The number of hydrogen-bond acceptors (Lipinski definition) is 4. The Morgan fingerprint density at radius 1 is 1.50 bits per heavy atom. The van der Waals surface area contributed by atoms with E-state index in [2.05, 4.69) is 10.8 Å². The molecule has 0 saturated carbocycles. The van der Waals surface area contributed by atoms with Crippen LogP contribution in [0.1, 0.15) is 22.8 Å². The van der Waals surface area contributed by atoms with E-state index < -0.39 is 0 Å². The molecule has 1 aliphatic heterocycles. The van der Waals surface area contributed by atoms with Crippen molar-refractivity contribution in [3.63, 3.8) is 0 Å². The highest BCUT2D eigenvalue weighted by molar-refractivity contribution is 7.80. The molecule has 24 heavy (non-hydrogen) atoms. The van der Waals surface area contributed by atoms with Gasteiger partial charge in [0, 0.05) is 35.6 Å². The molecule has 2 aromatic rings. The molecule has 2 heterocycles. The molecule has 124 valence electrons. The van der Waals surface area contributed by atoms with Crippen LogP contribution in [0.2, 0.25) is 0 Å². The minimum atomic E-state index is -0.389. The standard InChI is InChI=1S/C17H16FN3O2S/c1-11(24)19-7-14-10-23-20-17(14)13-2-3-16(15(18)6-13)21-5-4-12(8-21)9-22/h2-6,8-9,20H,7,10H2,1H3,(H,19,24). The van der Waals surface area contributed by atoms with Gasteiger partial charge < -0.3 is 9.88 Å². The Bertz CT molecular complexity index is 829. The first kappa shape index (κ1) is 16.4. The van der Waals surface area contributed by atoms with Crippen LogP contribution in [0.3, 0.4) is 0 Å². The van der Waals surface area contributed by atoms with Gasteiger partial charge in [-0.05, 0) is 25.1 Å². The molecule has 0 amide bonds. The second-order valence-electron chi connectivity index (χ2n) is 5.42. The van der Waals surface area contributed by atoms with Crippen molar-refractivity contribution in [2.75, 3.05) is 13.2 Å². The van der Waals surface area contributed by atoms with Crippen molar-refractivity contribution >= 4 is 29.2 Å². The van der Waals surface area contributed by atoms with Gasteiger partial charge in [0.15, 0.2) is 6.29 Å². The Balaban J connectivity index is 1.90. The topological polar surface area (TPSA) is 55.3 Å². The molecule has 0 bridgehead atoms. The molecule has 1 aliphatic rings. The molecule has 5 nitrogen and oxygen atoms in total. The van der Waals surface area contributed by atoms with E-state index in [9.17, 15) is 9.18 Å². The lowest BCUT2D eigenvalue weighted by Gasteiger charge is -2.10. The van der Waals surface area contributed by atoms with Crippen molar-refractivity contribution in [1.82, 2.24) is 15.4 Å². The van der Waals surface area contributed by atoms with Gasteiger partial charge in [0.2, 0.25) is 0 Å². The van der Waals surface area contributed by atoms with E-state index in [4.69, 9.17) is 17.1 Å². The van der Waals surface area contributed by atoms with Gasteiger partial charge in [-0.1, -0.05) is 18.3 Å². The quantitative estimate of drug-likeness (QED) is 0.644. The van der Waals surface area contributed by atoms with Crippen molar-refractivity contribution < 1.29 is 14.0 Å². The Morgan fingerprint density at radius 2 is 2.33 bits per heavy atom. The van der Waals surface area contributed by atoms with E-state index in [0.29, 0.717) is 35.0 Å². The number of nitrogens with one attached hydrogen (secondary N) is 2. The third-order valence-corrected chi connectivity index (χ3v) is 3.84. The largest absolute Gasteiger partial charge is 0.376 e. The van der Waals surface area contributed by atoms with Crippen molar-refractivity contribution in [1.29, 1.82) is 0 Å². The van der Waals surface area contributed by atoms with E-state index in [0.717, 1.165) is 17.6 Å². The first-order valence-corrected chi connectivity index (χ1v) is 7.77. The second kappa shape index (κ2) is 6.94. The summed E-state index contributed by atoms with van der Waals surface area (Å²) in [6.07, 6.45) is 3.96. The van der Waals surface area contributed by atoms with Crippen LogP contribution in [0.25, 0.3) is 11.4 Å². The summed E-state index contributed by atoms with van der Waals surface area (Å²) in [4.78, 5) is 16.7. The summed E-state index contributed by atoms with van der Waals surface area (Å²) in [6.45, 7) is 2.76. The maximum Gasteiger partial charge on any atom is 0.151 e. The van der Waals surface area contributed by atoms with Crippen molar-refractivity contribution in [3.05, 3.63) is 59.2 Å². The summed E-state index contributed by atoms with van der Waals surface area (Å²) in [5, 5.41) is 3.07. The van der Waals surface area contributed by atoms with Gasteiger partial charge in [-0.2, -0.15) is 0 Å². The predicted molar refractivity (Wildman–Crippen MR) is 93.4 cm³/mol. The van der Waals surface area contributed by atoms with E-state index in [-0.39, 0.29) is 5.82 Å². The number of carbonyl (C=O) groups is 1. The minimum Gasteiger partial charge on any atom is -0.376 e. The molecule has 0 atom stereocenters. The third kappa shape index (κ3) is 3.37. The molecule has 7 heteroatoms. The summed E-state index contributed by atoms with van der Waals surface area (Å²) in [7, 11) is 0. The Kier molecular flexibility index (Phi) is 4.73. The average molecular weight is 345 g/mol. The molecule has 1 aromatic carbocycles. The van der Waals surface area contributed by atoms with Gasteiger partial charge in [0.25, 0.3) is 0 Å². The van der Waals surface area contributed by atoms with Crippen LogP contribution in [0, 0.1) is 5.82 Å². The van der Waals surface area contributed by atoms with Crippen molar-refractivity contribution in [3.8, 4) is 5.69 Å². The smallest absolute Gasteiger partial charge is 0.151 e. The summed E-state index contributed by atoms with van der Waals surface area (Å²) in [6, 6.07) is 6.55. The van der Waals surface area contributed by atoms with Crippen LogP contribution in [-0.2, 0) is 4.84 Å². The molecule has 0 unspecified atom stereocenters. The number of thiocarbonyl (C=S) groups is 1. The molecule has 1 aromatic heterocycles. The van der Waals surface area contributed by atoms with Crippen molar-refractivity contribution in [2.24, 2.45) is 0 Å². The van der Waals surface area contributed by atoms with Gasteiger partial charge in [0.1, 0.15) is 5.82 Å². The summed E-state index contributed by atoms with van der Waals surface area (Å²) in [5.41, 5.74) is 6.09. The molecule has 0 saturated heterocycles. The molecule has 0 radical (unpaired) electrons. The number of benzene rings is 1. The van der Waals surface area contributed by atoms with Crippen LogP contribution in [-0.4, -0.2) is 29.0 Å². The van der Waals surface area contributed by atoms with E-state index in [1.165, 1.54) is 6.07 Å². The molecule has 0 fully saturated rings. The van der Waals surface area contributed by atoms with E-state index in [1.807, 2.05) is 0 Å². The normalized spacial score (nSPS) is 13.8. The van der Waals surface area contributed by atoms with Gasteiger partial charge in [0.05, 0.1) is 23.0 Å². The zero-order chi connectivity index (χ0) is 17.1. The lowest BCUT2D eigenvalue weighted by Crippen LogP contribution is -2.21. The monoisotopic (exact) mass is 345 g/mol. The summed E-state index contributed by atoms with van der Waals surface area (Å²) >= 11 is 5.01. The second-order valence-corrected chi connectivity index (χ2v) is 6.03. The highest BCUT2D eigenvalue weighted by Crippen LogP contribution is 2.24. The number of nitrogens with zero attached hydrogens (tertiary/aromatic N) is 1. The average Bonchev–Trinajstić information content (AvgIpc) is 3.21. The van der Waals surface area contributed by atoms with Gasteiger partial charge in [-0.25, -0.2) is 4.39 Å². The Hall–Kier alpha value is -2.51. The highest BCUT2D eigenvalue weighted by atomic mass is 32.1. The van der Waals surface area contributed by atoms with Crippen molar-refractivity contribution in [2.45, 2.75) is 6.92 Å². The third-order valence-electron chi connectivity index (χ3n) is 3.69. The van der Waals surface area contributed by atoms with Crippen LogP contribution in [0.15, 0.2) is 42.2 Å². The lowest BCUT2D eigenvalue weighted by molar-refractivity contribution is 0.112. The van der Waals surface area contributed by atoms with E-state index in [1.54, 1.807) is 42.1 Å². The molecular weight excluding hydrogens is 329 g/mol. The Morgan fingerprint density at radius 3 is 3.00 bits per heavy atom. The number of hydrogen-bond donors (Lipinski definition) is 2. The molecular formula is C17H16FN3O2S. The predicted octanol–water partition coefficient (Wildman–Crippen LogP) is 2.61. The van der Waals surface area contributed by atoms with Crippen LogP contribution >= 0.6 is 12.2 Å². The first-order chi connectivity index (χ1) is 11.6. The number of aldehydes is 1. The maximum atomic E-state index is 14.5. The number of aromatic nitrogens is 1. The highest BCUT2D eigenvalue weighted by Gasteiger charge is 2.18. The SMILES string of the molecule is CC(=S)NCC1=C(c2ccc(-n3ccc(C=O)c3)c(F)c2)NOC1. The fourth-order valence-electron chi connectivity index (χ4n) is 2.48. The zero-order valence-electron chi connectivity index (χ0n) is 13.0. The van der Waals surface area contributed by atoms with Crippen LogP contribution in [0.4, 0.5) is 4.39 Å². The number of hydroxylamine groups is 1. The number of carbonyl (C=O) groups excluding carboxylic acids is 1. The van der Waals surface area contributed by atoms with E-state index >= 15 is 0 Å². The number of halogens is 1. The van der Waals surface area contributed by atoms with Gasteiger partial charge in [-0.3, -0.25) is 15.1 Å². The molecule has 2 N–H and O–H groups in total. The molecule has 0 spiro atoms. The summed E-state index contributed by atoms with van der Waals surface area (Å²) in [5.74, 6) is -0.389. The zero-order valence-corrected chi connectivity index (χ0v) is 13.8. The number of rotatable bonds is 5. The fourth-order valence-corrected chi connectivity index (χ4v) is 2.55.